The summed E-state index contributed by atoms with van der Waals surface area (Å²) in [4.78, 5) is 1.44. The maximum absolute atomic E-state index is 12.5. The molecule has 0 unspecified atom stereocenters. The lowest BCUT2D eigenvalue weighted by molar-refractivity contribution is 0.601. The van der Waals surface area contributed by atoms with E-state index in [9.17, 15) is 8.42 Å². The second kappa shape index (κ2) is 4.85. The molecule has 0 atom stereocenters. The summed E-state index contributed by atoms with van der Waals surface area (Å²) in [7, 11) is -2.09. The van der Waals surface area contributed by atoms with Crippen molar-refractivity contribution in [1.29, 1.82) is 0 Å². The summed E-state index contributed by atoms with van der Waals surface area (Å²) in [5.41, 5.74) is 1.29. The van der Waals surface area contributed by atoms with E-state index in [0.717, 1.165) is 0 Å². The van der Waals surface area contributed by atoms with Crippen LogP contribution in [-0.4, -0.2) is 33.2 Å². The van der Waals surface area contributed by atoms with Crippen molar-refractivity contribution in [3.05, 3.63) is 30.6 Å². The minimum Gasteiger partial charge on any atom is -0.276 e. The van der Waals surface area contributed by atoms with Crippen molar-refractivity contribution in [2.45, 2.75) is 18.4 Å². The number of sulfonamides is 1. The van der Waals surface area contributed by atoms with E-state index >= 15 is 0 Å². The smallest absolute Gasteiger partial charge is 0.264 e. The maximum atomic E-state index is 12.5. The molecule has 2 aromatic heterocycles. The molecule has 0 fully saturated rings. The zero-order valence-corrected chi connectivity index (χ0v) is 12.4. The highest BCUT2D eigenvalue weighted by Crippen LogP contribution is 2.22. The number of aryl methyl sites for hydroxylation is 2. The quantitative estimate of drug-likeness (QED) is 0.775. The van der Waals surface area contributed by atoms with Crippen molar-refractivity contribution >= 4 is 26.7 Å². The Labute approximate surface area is 121 Å². The van der Waals surface area contributed by atoms with Gasteiger partial charge in [0, 0.05) is 19.8 Å². The molecule has 0 aliphatic rings. The fraction of sp³-hybridized carbons (Fsp3) is 0.250. The van der Waals surface area contributed by atoms with Gasteiger partial charge in [0.1, 0.15) is 15.9 Å². The first-order chi connectivity index (χ1) is 9.99. The Hall–Kier alpha value is -2.42. The van der Waals surface area contributed by atoms with Crippen LogP contribution in [0.4, 0.5) is 5.69 Å². The Balaban J connectivity index is 2.03. The molecule has 9 heteroatoms. The largest absolute Gasteiger partial charge is 0.276 e. The summed E-state index contributed by atoms with van der Waals surface area (Å²) >= 11 is 0. The molecule has 110 valence electrons. The fourth-order valence-electron chi connectivity index (χ4n) is 2.03. The Morgan fingerprint density at radius 3 is 2.81 bits per heavy atom. The van der Waals surface area contributed by atoms with Crippen LogP contribution in [0.3, 0.4) is 0 Å². The predicted molar refractivity (Wildman–Crippen MR) is 77.2 cm³/mol. The molecule has 0 saturated carbocycles. The zero-order chi connectivity index (χ0) is 15.0. The fourth-order valence-corrected chi connectivity index (χ4v) is 3.21. The van der Waals surface area contributed by atoms with E-state index in [-0.39, 0.29) is 4.90 Å². The number of fused-ring (bicyclic) bond motifs is 1. The van der Waals surface area contributed by atoms with Crippen LogP contribution in [0.2, 0.25) is 0 Å². The van der Waals surface area contributed by atoms with Crippen molar-refractivity contribution in [2.24, 2.45) is 7.05 Å². The predicted octanol–water partition coefficient (Wildman–Crippen LogP) is 0.985. The molecular formula is C12H14N6O2S. The van der Waals surface area contributed by atoms with Crippen LogP contribution >= 0.6 is 0 Å². The van der Waals surface area contributed by atoms with Gasteiger partial charge in [-0.2, -0.15) is 20.1 Å². The summed E-state index contributed by atoms with van der Waals surface area (Å²) in [6, 6.07) is 4.86. The Bertz CT molecular complexity index is 896. The van der Waals surface area contributed by atoms with Crippen LogP contribution in [0.15, 0.2) is 35.5 Å². The number of nitrogens with one attached hydrogen (secondary N) is 1. The van der Waals surface area contributed by atoms with Gasteiger partial charge in [0.25, 0.3) is 10.0 Å². The molecule has 1 aromatic carbocycles. The molecule has 3 aromatic rings. The maximum Gasteiger partial charge on any atom is 0.264 e. The Morgan fingerprint density at radius 1 is 1.29 bits per heavy atom. The molecule has 8 nitrogen and oxygen atoms in total. The molecule has 1 N–H and O–H groups in total. The lowest BCUT2D eigenvalue weighted by Crippen LogP contribution is -2.13. The van der Waals surface area contributed by atoms with Crippen LogP contribution in [0.5, 0.6) is 0 Å². The average molecular weight is 306 g/mol. The van der Waals surface area contributed by atoms with Gasteiger partial charge in [0.2, 0.25) is 0 Å². The molecule has 21 heavy (non-hydrogen) atoms. The summed E-state index contributed by atoms with van der Waals surface area (Å²) in [6.07, 6.45) is 3.10. The van der Waals surface area contributed by atoms with Gasteiger partial charge < -0.3 is 0 Å². The van der Waals surface area contributed by atoms with E-state index in [1.165, 1.54) is 17.1 Å². The minimum atomic E-state index is -3.74. The van der Waals surface area contributed by atoms with E-state index in [1.807, 2.05) is 6.92 Å². The van der Waals surface area contributed by atoms with Gasteiger partial charge in [0.15, 0.2) is 0 Å². The van der Waals surface area contributed by atoms with Crippen molar-refractivity contribution in [3.8, 4) is 0 Å². The van der Waals surface area contributed by atoms with Gasteiger partial charge in [-0.15, -0.1) is 0 Å². The molecular weight excluding hydrogens is 292 g/mol. The molecule has 0 aliphatic carbocycles. The molecule has 3 rings (SSSR count). The second-order valence-corrected chi connectivity index (χ2v) is 6.15. The number of nitrogens with zero attached hydrogens (tertiary/aromatic N) is 5. The topological polar surface area (TPSA) is 94.7 Å². The number of anilines is 1. The molecule has 0 radical (unpaired) electrons. The lowest BCUT2D eigenvalue weighted by Gasteiger charge is -2.05. The first kappa shape index (κ1) is 13.6. The highest BCUT2D eigenvalue weighted by Gasteiger charge is 2.20. The third kappa shape index (κ3) is 2.47. The molecule has 0 bridgehead atoms. The highest BCUT2D eigenvalue weighted by molar-refractivity contribution is 7.93. The summed E-state index contributed by atoms with van der Waals surface area (Å²) in [6.45, 7) is 2.59. The number of benzene rings is 1. The molecule has 0 spiro atoms. The van der Waals surface area contributed by atoms with E-state index in [0.29, 0.717) is 23.3 Å². The Kier molecular flexibility index (Phi) is 3.13. The third-order valence-electron chi connectivity index (χ3n) is 2.97. The lowest BCUT2D eigenvalue weighted by atomic mass is 10.3. The molecule has 0 amide bonds. The number of rotatable bonds is 4. The van der Waals surface area contributed by atoms with Crippen LogP contribution in [0, 0.1) is 0 Å². The number of hydrogen-bond donors (Lipinski definition) is 1. The zero-order valence-electron chi connectivity index (χ0n) is 11.6. The van der Waals surface area contributed by atoms with E-state index in [4.69, 9.17) is 0 Å². The van der Waals surface area contributed by atoms with Crippen molar-refractivity contribution in [3.63, 3.8) is 0 Å². The minimum absolute atomic E-state index is 0.0948. The van der Waals surface area contributed by atoms with Gasteiger partial charge >= 0.3 is 0 Å². The second-order valence-electron chi connectivity index (χ2n) is 4.50. The van der Waals surface area contributed by atoms with Gasteiger partial charge in [-0.1, -0.05) is 6.07 Å². The van der Waals surface area contributed by atoms with Gasteiger partial charge in [-0.3, -0.25) is 9.40 Å². The first-order valence-corrected chi connectivity index (χ1v) is 7.83. The SMILES string of the molecule is CCn1cc(NS(=O)(=O)c2cccc3nn(C)nc23)cn1. The average Bonchev–Trinajstić information content (AvgIpc) is 3.02. The highest BCUT2D eigenvalue weighted by atomic mass is 32.2. The van der Waals surface area contributed by atoms with Gasteiger partial charge in [-0.05, 0) is 19.1 Å². The first-order valence-electron chi connectivity index (χ1n) is 6.35. The number of aromatic nitrogens is 5. The van der Waals surface area contributed by atoms with E-state index < -0.39 is 10.0 Å². The van der Waals surface area contributed by atoms with Gasteiger partial charge in [0.05, 0.1) is 11.9 Å². The van der Waals surface area contributed by atoms with E-state index in [1.54, 1.807) is 30.1 Å². The van der Waals surface area contributed by atoms with Crippen molar-refractivity contribution < 1.29 is 8.42 Å². The monoisotopic (exact) mass is 306 g/mol. The number of hydrogen-bond acceptors (Lipinski definition) is 5. The Morgan fingerprint density at radius 2 is 2.10 bits per heavy atom. The van der Waals surface area contributed by atoms with Crippen molar-refractivity contribution in [2.75, 3.05) is 4.72 Å². The van der Waals surface area contributed by atoms with Crippen LogP contribution in [-0.2, 0) is 23.6 Å². The molecule has 2 heterocycles. The summed E-state index contributed by atoms with van der Waals surface area (Å²) < 4.78 is 29.1. The standard InChI is InChI=1S/C12H14N6O2S/c1-3-18-8-9(7-13-18)16-21(19,20)11-6-4-5-10-12(11)15-17(2)14-10/h4-8,16H,3H2,1-2H3. The summed E-state index contributed by atoms with van der Waals surface area (Å²) in [5.74, 6) is 0. The van der Waals surface area contributed by atoms with Crippen LogP contribution in [0.25, 0.3) is 11.0 Å². The molecule has 0 saturated heterocycles. The third-order valence-corrected chi connectivity index (χ3v) is 4.39. The van der Waals surface area contributed by atoms with E-state index in [2.05, 4.69) is 20.0 Å². The molecule has 0 aliphatic heterocycles. The van der Waals surface area contributed by atoms with Crippen LogP contribution < -0.4 is 4.72 Å². The van der Waals surface area contributed by atoms with Crippen molar-refractivity contribution in [1.82, 2.24) is 24.8 Å². The van der Waals surface area contributed by atoms with Crippen LogP contribution in [0.1, 0.15) is 6.92 Å². The summed E-state index contributed by atoms with van der Waals surface area (Å²) in [5, 5.41) is 12.3. The normalized spacial score (nSPS) is 11.9. The van der Waals surface area contributed by atoms with Gasteiger partial charge in [-0.25, -0.2) is 8.42 Å².